The molecule has 0 spiro atoms. The molecule has 1 heterocycles. The van der Waals surface area contributed by atoms with Crippen molar-refractivity contribution in [3.8, 4) is 11.5 Å². The normalized spacial score (nSPS) is 12.2. The fraction of sp³-hybridized carbons (Fsp3) is 0.438. The molecule has 2 rings (SSSR count). The lowest BCUT2D eigenvalue weighted by Gasteiger charge is -2.09. The molecule has 0 saturated carbocycles. The van der Waals surface area contributed by atoms with E-state index in [4.69, 9.17) is 9.47 Å². The first-order chi connectivity index (χ1) is 10.1. The minimum absolute atomic E-state index is 0.335. The van der Waals surface area contributed by atoms with Gasteiger partial charge in [0.15, 0.2) is 11.5 Å². The minimum atomic E-state index is 0.335. The van der Waals surface area contributed by atoms with Gasteiger partial charge in [-0.15, -0.1) is 11.3 Å². The molecule has 0 radical (unpaired) electrons. The van der Waals surface area contributed by atoms with Gasteiger partial charge in [0, 0.05) is 17.3 Å². The lowest BCUT2D eigenvalue weighted by molar-refractivity contribution is 0.354. The SMILES string of the molecule is CNC(C)c1sc(Cc2ccc(OC)c(OC)c2)nc1C. The molecule has 114 valence electrons. The molecular weight excluding hydrogens is 284 g/mol. The third-order valence-corrected chi connectivity index (χ3v) is 4.85. The zero-order chi connectivity index (χ0) is 15.4. The molecule has 1 N–H and O–H groups in total. The fourth-order valence-electron chi connectivity index (χ4n) is 2.24. The van der Waals surface area contributed by atoms with E-state index in [0.29, 0.717) is 6.04 Å². The molecule has 0 bridgehead atoms. The number of nitrogens with one attached hydrogen (secondary N) is 1. The number of ether oxygens (including phenoxy) is 2. The van der Waals surface area contributed by atoms with Crippen LogP contribution in [0.3, 0.4) is 0 Å². The van der Waals surface area contributed by atoms with E-state index in [0.717, 1.165) is 28.6 Å². The van der Waals surface area contributed by atoms with Gasteiger partial charge in [-0.1, -0.05) is 6.07 Å². The number of rotatable bonds is 6. The van der Waals surface area contributed by atoms with Crippen molar-refractivity contribution >= 4 is 11.3 Å². The Labute approximate surface area is 130 Å². The van der Waals surface area contributed by atoms with Gasteiger partial charge in [0.1, 0.15) is 0 Å². The lowest BCUT2D eigenvalue weighted by atomic mass is 10.1. The van der Waals surface area contributed by atoms with Crippen molar-refractivity contribution < 1.29 is 9.47 Å². The van der Waals surface area contributed by atoms with Crippen molar-refractivity contribution in [1.82, 2.24) is 10.3 Å². The van der Waals surface area contributed by atoms with E-state index < -0.39 is 0 Å². The predicted molar refractivity (Wildman–Crippen MR) is 86.7 cm³/mol. The predicted octanol–water partition coefficient (Wildman–Crippen LogP) is 3.34. The summed E-state index contributed by atoms with van der Waals surface area (Å²) in [6.07, 6.45) is 0.808. The average Bonchev–Trinajstić information content (AvgIpc) is 2.86. The van der Waals surface area contributed by atoms with Crippen LogP contribution in [0.4, 0.5) is 0 Å². The molecule has 1 unspecified atom stereocenters. The van der Waals surface area contributed by atoms with Gasteiger partial charge in [0.25, 0.3) is 0 Å². The van der Waals surface area contributed by atoms with Gasteiger partial charge in [-0.3, -0.25) is 0 Å². The molecule has 5 heteroatoms. The summed E-state index contributed by atoms with van der Waals surface area (Å²) in [5.41, 5.74) is 2.28. The van der Waals surface area contributed by atoms with Crippen LogP contribution in [-0.2, 0) is 6.42 Å². The van der Waals surface area contributed by atoms with Gasteiger partial charge in [0.2, 0.25) is 0 Å². The first kappa shape index (κ1) is 15.8. The maximum absolute atomic E-state index is 5.35. The third kappa shape index (κ3) is 3.54. The summed E-state index contributed by atoms with van der Waals surface area (Å²) < 4.78 is 10.6. The maximum Gasteiger partial charge on any atom is 0.160 e. The van der Waals surface area contributed by atoms with Crippen LogP contribution < -0.4 is 14.8 Å². The summed E-state index contributed by atoms with van der Waals surface area (Å²) in [4.78, 5) is 5.98. The highest BCUT2D eigenvalue weighted by Crippen LogP contribution is 2.30. The van der Waals surface area contributed by atoms with E-state index in [1.165, 1.54) is 10.4 Å². The van der Waals surface area contributed by atoms with Crippen LogP contribution in [0.15, 0.2) is 18.2 Å². The van der Waals surface area contributed by atoms with Crippen LogP contribution in [-0.4, -0.2) is 26.3 Å². The monoisotopic (exact) mass is 306 g/mol. The highest BCUT2D eigenvalue weighted by Gasteiger charge is 2.13. The summed E-state index contributed by atoms with van der Waals surface area (Å²) >= 11 is 1.76. The van der Waals surface area contributed by atoms with Crippen molar-refractivity contribution in [3.05, 3.63) is 39.3 Å². The molecule has 1 aromatic carbocycles. The topological polar surface area (TPSA) is 43.4 Å². The van der Waals surface area contributed by atoms with Crippen LogP contribution in [0, 0.1) is 6.92 Å². The first-order valence-electron chi connectivity index (χ1n) is 6.93. The Morgan fingerprint density at radius 3 is 2.57 bits per heavy atom. The van der Waals surface area contributed by atoms with E-state index >= 15 is 0 Å². The summed E-state index contributed by atoms with van der Waals surface area (Å²) in [6, 6.07) is 6.34. The second-order valence-electron chi connectivity index (χ2n) is 4.93. The van der Waals surface area contributed by atoms with E-state index in [-0.39, 0.29) is 0 Å². The number of hydrogen-bond donors (Lipinski definition) is 1. The van der Waals surface area contributed by atoms with Gasteiger partial charge in [0.05, 0.1) is 24.9 Å². The number of methoxy groups -OCH3 is 2. The smallest absolute Gasteiger partial charge is 0.160 e. The van der Waals surface area contributed by atoms with Crippen molar-refractivity contribution in [2.45, 2.75) is 26.3 Å². The van der Waals surface area contributed by atoms with Crippen LogP contribution in [0.2, 0.25) is 0 Å². The number of aromatic nitrogens is 1. The molecule has 2 aromatic rings. The molecule has 21 heavy (non-hydrogen) atoms. The molecule has 4 nitrogen and oxygen atoms in total. The zero-order valence-corrected chi connectivity index (χ0v) is 14.0. The average molecular weight is 306 g/mol. The van der Waals surface area contributed by atoms with Gasteiger partial charge in [-0.2, -0.15) is 0 Å². The summed E-state index contributed by atoms with van der Waals surface area (Å²) in [7, 11) is 5.27. The minimum Gasteiger partial charge on any atom is -0.493 e. The summed E-state index contributed by atoms with van der Waals surface area (Å²) in [5, 5.41) is 4.39. The van der Waals surface area contributed by atoms with Crippen LogP contribution in [0.1, 0.15) is 34.1 Å². The molecule has 0 aliphatic rings. The standard InChI is InChI=1S/C16H22N2O2S/c1-10(17-3)16-11(2)18-15(21-16)9-12-6-7-13(19-4)14(8-12)20-5/h6-8,10,17H,9H2,1-5H3. The Morgan fingerprint density at radius 2 is 1.95 bits per heavy atom. The summed E-state index contributed by atoms with van der Waals surface area (Å²) in [6.45, 7) is 4.22. The van der Waals surface area contributed by atoms with E-state index in [9.17, 15) is 0 Å². The number of thiazole rings is 1. The van der Waals surface area contributed by atoms with Gasteiger partial charge < -0.3 is 14.8 Å². The highest BCUT2D eigenvalue weighted by molar-refractivity contribution is 7.11. The number of aryl methyl sites for hydroxylation is 1. The van der Waals surface area contributed by atoms with Crippen LogP contribution in [0.5, 0.6) is 11.5 Å². The highest BCUT2D eigenvalue weighted by atomic mass is 32.1. The van der Waals surface area contributed by atoms with Crippen molar-refractivity contribution in [2.24, 2.45) is 0 Å². The molecule has 0 amide bonds. The Balaban J connectivity index is 2.22. The fourth-order valence-corrected chi connectivity index (χ4v) is 3.40. The van der Waals surface area contributed by atoms with Crippen LogP contribution >= 0.6 is 11.3 Å². The van der Waals surface area contributed by atoms with E-state index in [1.54, 1.807) is 25.6 Å². The molecule has 0 saturated heterocycles. The van der Waals surface area contributed by atoms with Gasteiger partial charge in [-0.05, 0) is 38.6 Å². The number of hydrogen-bond acceptors (Lipinski definition) is 5. The van der Waals surface area contributed by atoms with Crippen molar-refractivity contribution in [3.63, 3.8) is 0 Å². The number of nitrogens with zero attached hydrogens (tertiary/aromatic N) is 1. The Bertz CT molecular complexity index is 610. The van der Waals surface area contributed by atoms with Gasteiger partial charge in [-0.25, -0.2) is 4.98 Å². The second kappa shape index (κ2) is 6.91. The van der Waals surface area contributed by atoms with Crippen LogP contribution in [0.25, 0.3) is 0 Å². The lowest BCUT2D eigenvalue weighted by Crippen LogP contribution is -2.11. The molecular formula is C16H22N2O2S. The third-order valence-electron chi connectivity index (χ3n) is 3.51. The van der Waals surface area contributed by atoms with E-state index in [2.05, 4.69) is 30.2 Å². The van der Waals surface area contributed by atoms with Gasteiger partial charge >= 0.3 is 0 Å². The Morgan fingerprint density at radius 1 is 1.24 bits per heavy atom. The maximum atomic E-state index is 5.35. The molecule has 0 fully saturated rings. The molecule has 0 aliphatic heterocycles. The van der Waals surface area contributed by atoms with E-state index in [1.807, 2.05) is 19.2 Å². The number of benzene rings is 1. The quantitative estimate of drug-likeness (QED) is 0.889. The molecule has 0 aliphatic carbocycles. The Kier molecular flexibility index (Phi) is 5.20. The molecule has 1 aromatic heterocycles. The Hall–Kier alpha value is -1.59. The second-order valence-corrected chi connectivity index (χ2v) is 6.05. The zero-order valence-electron chi connectivity index (χ0n) is 13.2. The summed E-state index contributed by atoms with van der Waals surface area (Å²) in [5.74, 6) is 1.51. The van der Waals surface area contributed by atoms with Crippen molar-refractivity contribution in [1.29, 1.82) is 0 Å². The molecule has 1 atom stereocenters. The van der Waals surface area contributed by atoms with Crippen molar-refractivity contribution in [2.75, 3.05) is 21.3 Å². The largest absolute Gasteiger partial charge is 0.493 e. The first-order valence-corrected chi connectivity index (χ1v) is 7.75.